The molecule has 0 fully saturated rings. The summed E-state index contributed by atoms with van der Waals surface area (Å²) in [6.07, 6.45) is 0.512. The highest BCUT2D eigenvalue weighted by atomic mass is 79.9. The van der Waals surface area contributed by atoms with Crippen molar-refractivity contribution in [2.24, 2.45) is 0 Å². The number of aromatic carboxylic acids is 1. The Balaban J connectivity index is 2.63. The number of nitrogens with zero attached hydrogens (tertiary/aromatic N) is 1. The summed E-state index contributed by atoms with van der Waals surface area (Å²) in [5.41, 5.74) is 1.39. The molecule has 0 aliphatic heterocycles. The van der Waals surface area contributed by atoms with Crippen molar-refractivity contribution in [2.45, 2.75) is 18.9 Å². The maximum Gasteiger partial charge on any atom is 0.336 e. The molecule has 1 aromatic rings. The second-order valence-electron chi connectivity index (χ2n) is 3.22. The van der Waals surface area contributed by atoms with Crippen LogP contribution in [-0.4, -0.2) is 21.2 Å². The number of carboxylic acids is 1. The monoisotopic (exact) mass is 257 g/mol. The van der Waals surface area contributed by atoms with E-state index in [1.165, 1.54) is 6.07 Å². The standard InChI is InChI=1S/C9H8BrNO3/c10-7-3-5(9(13)14)4-1-2-6(12)8(4)11-7/h3,6,12H,1-2H2,(H,13,14). The molecule has 1 aliphatic carbocycles. The van der Waals surface area contributed by atoms with E-state index in [-0.39, 0.29) is 5.56 Å². The molecular formula is C9H8BrNO3. The zero-order chi connectivity index (χ0) is 10.3. The van der Waals surface area contributed by atoms with Crippen molar-refractivity contribution in [3.05, 3.63) is 27.5 Å². The van der Waals surface area contributed by atoms with Crippen LogP contribution < -0.4 is 0 Å². The fraction of sp³-hybridized carbons (Fsp3) is 0.333. The summed E-state index contributed by atoms with van der Waals surface area (Å²) in [5.74, 6) is -0.974. The van der Waals surface area contributed by atoms with Crippen LogP contribution in [0.5, 0.6) is 0 Å². The van der Waals surface area contributed by atoms with Crippen LogP contribution in [0.3, 0.4) is 0 Å². The quantitative estimate of drug-likeness (QED) is 0.749. The molecule has 2 N–H and O–H groups in total. The summed E-state index contributed by atoms with van der Waals surface area (Å²) < 4.78 is 0.453. The van der Waals surface area contributed by atoms with E-state index in [9.17, 15) is 9.90 Å². The second kappa shape index (κ2) is 3.33. The van der Waals surface area contributed by atoms with Crippen LogP contribution in [0, 0.1) is 0 Å². The van der Waals surface area contributed by atoms with Crippen molar-refractivity contribution in [3.8, 4) is 0 Å². The molecular weight excluding hydrogens is 250 g/mol. The summed E-state index contributed by atoms with van der Waals surface area (Å²) in [4.78, 5) is 15.0. The molecule has 0 radical (unpaired) electrons. The largest absolute Gasteiger partial charge is 0.478 e. The van der Waals surface area contributed by atoms with Gasteiger partial charge in [-0.3, -0.25) is 0 Å². The van der Waals surface area contributed by atoms with Gasteiger partial charge in [0.05, 0.1) is 17.4 Å². The predicted octanol–water partition coefficient (Wildman–Crippen LogP) is 1.52. The molecule has 0 bridgehead atoms. The van der Waals surface area contributed by atoms with E-state index >= 15 is 0 Å². The van der Waals surface area contributed by atoms with Crippen LogP contribution in [0.4, 0.5) is 0 Å². The van der Waals surface area contributed by atoms with Gasteiger partial charge in [-0.25, -0.2) is 9.78 Å². The molecule has 2 rings (SSSR count). The maximum absolute atomic E-state index is 10.9. The molecule has 0 amide bonds. The number of aliphatic hydroxyl groups is 1. The van der Waals surface area contributed by atoms with Crippen LogP contribution in [0.25, 0.3) is 0 Å². The molecule has 1 unspecified atom stereocenters. The number of fused-ring (bicyclic) bond motifs is 1. The van der Waals surface area contributed by atoms with Gasteiger partial charge in [0.15, 0.2) is 0 Å². The van der Waals surface area contributed by atoms with E-state index in [0.29, 0.717) is 28.7 Å². The molecule has 1 aliphatic rings. The Bertz CT molecular complexity index is 405. The van der Waals surface area contributed by atoms with Gasteiger partial charge < -0.3 is 10.2 Å². The average molecular weight is 258 g/mol. The molecule has 0 saturated heterocycles. The van der Waals surface area contributed by atoms with Crippen molar-refractivity contribution in [1.29, 1.82) is 0 Å². The second-order valence-corrected chi connectivity index (χ2v) is 4.03. The lowest BCUT2D eigenvalue weighted by Gasteiger charge is -2.05. The van der Waals surface area contributed by atoms with Crippen LogP contribution in [-0.2, 0) is 6.42 Å². The maximum atomic E-state index is 10.9. The summed E-state index contributed by atoms with van der Waals surface area (Å²) in [5, 5.41) is 18.5. The van der Waals surface area contributed by atoms with E-state index in [0.717, 1.165) is 0 Å². The smallest absolute Gasteiger partial charge is 0.336 e. The summed E-state index contributed by atoms with van der Waals surface area (Å²) >= 11 is 3.13. The van der Waals surface area contributed by atoms with Gasteiger partial charge in [-0.15, -0.1) is 0 Å². The van der Waals surface area contributed by atoms with Crippen LogP contribution in [0.15, 0.2) is 10.7 Å². The highest BCUT2D eigenvalue weighted by Gasteiger charge is 2.27. The fourth-order valence-corrected chi connectivity index (χ4v) is 2.13. The number of halogens is 1. The SMILES string of the molecule is O=C(O)c1cc(Br)nc2c1CCC2O. The van der Waals surface area contributed by atoms with Crippen LogP contribution >= 0.6 is 15.9 Å². The van der Waals surface area contributed by atoms with E-state index in [1.54, 1.807) is 0 Å². The number of carboxylic acid groups (broad SMARTS) is 1. The number of rotatable bonds is 1. The van der Waals surface area contributed by atoms with Gasteiger partial charge in [-0.2, -0.15) is 0 Å². The Labute approximate surface area is 88.7 Å². The zero-order valence-electron chi connectivity index (χ0n) is 7.20. The Hall–Kier alpha value is -0.940. The van der Waals surface area contributed by atoms with Gasteiger partial charge in [-0.05, 0) is 40.4 Å². The highest BCUT2D eigenvalue weighted by Crippen LogP contribution is 2.33. The third-order valence-electron chi connectivity index (χ3n) is 2.34. The first-order valence-corrected chi connectivity index (χ1v) is 4.99. The summed E-state index contributed by atoms with van der Waals surface area (Å²) in [6, 6.07) is 1.47. The van der Waals surface area contributed by atoms with Crippen molar-refractivity contribution in [3.63, 3.8) is 0 Å². The third-order valence-corrected chi connectivity index (χ3v) is 2.75. The molecule has 0 spiro atoms. The van der Waals surface area contributed by atoms with E-state index in [4.69, 9.17) is 5.11 Å². The van der Waals surface area contributed by atoms with E-state index in [1.807, 2.05) is 0 Å². The lowest BCUT2D eigenvalue weighted by Crippen LogP contribution is -2.05. The molecule has 4 nitrogen and oxygen atoms in total. The highest BCUT2D eigenvalue weighted by molar-refractivity contribution is 9.10. The number of aromatic nitrogens is 1. The van der Waals surface area contributed by atoms with E-state index in [2.05, 4.69) is 20.9 Å². The first-order valence-electron chi connectivity index (χ1n) is 4.20. The van der Waals surface area contributed by atoms with Gasteiger partial charge in [-0.1, -0.05) is 0 Å². The van der Waals surface area contributed by atoms with Crippen LogP contribution in [0.2, 0.25) is 0 Å². The normalized spacial score (nSPS) is 19.4. The molecule has 1 heterocycles. The topological polar surface area (TPSA) is 70.4 Å². The summed E-state index contributed by atoms with van der Waals surface area (Å²) in [6.45, 7) is 0. The van der Waals surface area contributed by atoms with Gasteiger partial charge in [0, 0.05) is 0 Å². The average Bonchev–Trinajstić information content (AvgIpc) is 2.47. The van der Waals surface area contributed by atoms with Gasteiger partial charge in [0.25, 0.3) is 0 Å². The molecule has 14 heavy (non-hydrogen) atoms. The predicted molar refractivity (Wildman–Crippen MR) is 52.2 cm³/mol. The Morgan fingerprint density at radius 1 is 1.64 bits per heavy atom. The minimum Gasteiger partial charge on any atom is -0.478 e. The van der Waals surface area contributed by atoms with Crippen LogP contribution in [0.1, 0.15) is 34.1 Å². The first kappa shape index (κ1) is 9.61. The number of pyridine rings is 1. The lowest BCUT2D eigenvalue weighted by atomic mass is 10.1. The Morgan fingerprint density at radius 2 is 2.36 bits per heavy atom. The van der Waals surface area contributed by atoms with E-state index < -0.39 is 12.1 Å². The molecule has 0 saturated carbocycles. The number of hydrogen-bond donors (Lipinski definition) is 2. The number of aliphatic hydroxyl groups excluding tert-OH is 1. The molecule has 1 aromatic heterocycles. The number of carbonyl (C=O) groups is 1. The molecule has 0 aromatic carbocycles. The van der Waals surface area contributed by atoms with Gasteiger partial charge in [0.2, 0.25) is 0 Å². The third kappa shape index (κ3) is 1.42. The zero-order valence-corrected chi connectivity index (χ0v) is 8.78. The Morgan fingerprint density at radius 3 is 3.00 bits per heavy atom. The first-order chi connectivity index (χ1) is 6.59. The lowest BCUT2D eigenvalue weighted by molar-refractivity contribution is 0.0695. The van der Waals surface area contributed by atoms with Gasteiger partial charge >= 0.3 is 5.97 Å². The number of hydrogen-bond acceptors (Lipinski definition) is 3. The Kier molecular flexibility index (Phi) is 2.28. The minimum absolute atomic E-state index is 0.235. The summed E-state index contributed by atoms with van der Waals surface area (Å²) in [7, 11) is 0. The molecule has 1 atom stereocenters. The van der Waals surface area contributed by atoms with Crippen molar-refractivity contribution in [2.75, 3.05) is 0 Å². The van der Waals surface area contributed by atoms with Crippen molar-refractivity contribution < 1.29 is 15.0 Å². The fourth-order valence-electron chi connectivity index (χ4n) is 1.71. The minimum atomic E-state index is -0.974. The molecule has 5 heteroatoms. The van der Waals surface area contributed by atoms with Gasteiger partial charge in [0.1, 0.15) is 4.60 Å². The van der Waals surface area contributed by atoms with Crippen molar-refractivity contribution in [1.82, 2.24) is 4.98 Å². The van der Waals surface area contributed by atoms with Crippen molar-refractivity contribution >= 4 is 21.9 Å². The molecule has 74 valence electrons.